The third kappa shape index (κ3) is 134. The van der Waals surface area contributed by atoms with Crippen molar-refractivity contribution in [1.82, 2.24) is 0 Å². The highest BCUT2D eigenvalue weighted by atomic mass is 16.3. The number of rotatable bonds is 4. The Bertz CT molecular complexity index is 65.9. The van der Waals surface area contributed by atoms with Gasteiger partial charge in [-0.25, -0.2) is 0 Å². The highest BCUT2D eigenvalue weighted by Crippen LogP contribution is 1.68. The van der Waals surface area contributed by atoms with Crippen molar-refractivity contribution in [3.05, 3.63) is 0 Å². The molecule has 0 fully saturated rings. The third-order valence-corrected chi connectivity index (χ3v) is 0.564. The van der Waals surface area contributed by atoms with Crippen LogP contribution >= 0.6 is 0 Å². The minimum Gasteiger partial charge on any atom is -0.394 e. The molecule has 0 aliphatic carbocycles. The molecule has 17 heavy (non-hydrogen) atoms. The molecular weight excluding hydrogens is 236 g/mol. The van der Waals surface area contributed by atoms with Crippen molar-refractivity contribution in [2.24, 2.45) is 0 Å². The quantitative estimate of drug-likeness (QED) is 0.256. The Hall–Kier alpha value is -0.320. The van der Waals surface area contributed by atoms with Gasteiger partial charge in [0, 0.05) is 0 Å². The smallest absolute Gasteiger partial charge is 0.0742 e. The molecular formula is C9H26O8. The lowest BCUT2D eigenvalue weighted by atomic mass is 10.5. The second-order valence-corrected chi connectivity index (χ2v) is 2.37. The van der Waals surface area contributed by atoms with Crippen LogP contribution in [0.3, 0.4) is 0 Å². The largest absolute Gasteiger partial charge is 0.394 e. The maximum absolute atomic E-state index is 8.11. The summed E-state index contributed by atoms with van der Waals surface area (Å²) in [4.78, 5) is 0. The van der Waals surface area contributed by atoms with E-state index in [0.717, 1.165) is 0 Å². The molecule has 0 amide bonds. The topological polar surface area (TPSA) is 162 Å². The monoisotopic (exact) mass is 262 g/mol. The zero-order chi connectivity index (χ0) is 14.5. The standard InChI is InChI=1S/C3H8O2.3C2H6O2/c1-3(5)2-4;3*3-1-2-4/h3-5H,2H2,1H3;3*3-4H,1-2H2. The van der Waals surface area contributed by atoms with Gasteiger partial charge < -0.3 is 40.9 Å². The first-order valence-electron chi connectivity index (χ1n) is 4.96. The Morgan fingerprint density at radius 2 is 0.706 bits per heavy atom. The van der Waals surface area contributed by atoms with Gasteiger partial charge in [0.2, 0.25) is 0 Å². The van der Waals surface area contributed by atoms with E-state index in [4.69, 9.17) is 40.9 Å². The minimum absolute atomic E-state index is 0.125. The summed E-state index contributed by atoms with van der Waals surface area (Å²) in [5.41, 5.74) is 0. The van der Waals surface area contributed by atoms with E-state index in [0.29, 0.717) is 0 Å². The normalized spacial score (nSPS) is 9.71. The summed E-state index contributed by atoms with van der Waals surface area (Å²) < 4.78 is 0. The number of aliphatic hydroxyl groups is 8. The third-order valence-electron chi connectivity index (χ3n) is 0.564. The van der Waals surface area contributed by atoms with Crippen LogP contribution in [0.5, 0.6) is 0 Å². The number of hydrogen-bond donors (Lipinski definition) is 8. The van der Waals surface area contributed by atoms with Gasteiger partial charge in [-0.1, -0.05) is 0 Å². The summed E-state index contributed by atoms with van der Waals surface area (Å²) in [6.45, 7) is 0.639. The molecule has 0 aliphatic rings. The van der Waals surface area contributed by atoms with Crippen LogP contribution in [0, 0.1) is 0 Å². The maximum Gasteiger partial charge on any atom is 0.0742 e. The Labute approximate surface area is 101 Å². The second-order valence-electron chi connectivity index (χ2n) is 2.37. The van der Waals surface area contributed by atoms with Gasteiger partial charge in [0.25, 0.3) is 0 Å². The Morgan fingerprint density at radius 1 is 0.588 bits per heavy atom. The molecule has 1 unspecified atom stereocenters. The summed E-state index contributed by atoms with van der Waals surface area (Å²) in [5.74, 6) is 0. The van der Waals surface area contributed by atoms with Crippen LogP contribution in [0.2, 0.25) is 0 Å². The molecule has 110 valence electrons. The van der Waals surface area contributed by atoms with Gasteiger partial charge in [0.15, 0.2) is 0 Å². The lowest BCUT2D eigenvalue weighted by molar-refractivity contribution is 0.110. The first-order chi connectivity index (χ1) is 8.01. The molecule has 0 aromatic carbocycles. The van der Waals surface area contributed by atoms with Crippen molar-refractivity contribution in [2.45, 2.75) is 13.0 Å². The van der Waals surface area contributed by atoms with E-state index in [1.54, 1.807) is 0 Å². The minimum atomic E-state index is -0.560. The van der Waals surface area contributed by atoms with Crippen LogP contribution in [0.15, 0.2) is 0 Å². The lowest BCUT2D eigenvalue weighted by Gasteiger charge is -1.90. The van der Waals surface area contributed by atoms with E-state index in [2.05, 4.69) is 0 Å². The second kappa shape index (κ2) is 36.1. The zero-order valence-electron chi connectivity index (χ0n) is 10.1. The summed E-state index contributed by atoms with van der Waals surface area (Å²) in [7, 11) is 0. The van der Waals surface area contributed by atoms with E-state index in [9.17, 15) is 0 Å². The van der Waals surface area contributed by atoms with E-state index in [-0.39, 0.29) is 46.2 Å². The van der Waals surface area contributed by atoms with E-state index in [1.807, 2.05) is 0 Å². The average molecular weight is 262 g/mol. The Balaban J connectivity index is -0.0000000667. The van der Waals surface area contributed by atoms with Gasteiger partial charge in [-0.2, -0.15) is 0 Å². The van der Waals surface area contributed by atoms with Gasteiger partial charge in [-0.15, -0.1) is 0 Å². The first kappa shape index (κ1) is 25.5. The highest BCUT2D eigenvalue weighted by Gasteiger charge is 1.83. The molecule has 0 radical (unpaired) electrons. The SMILES string of the molecule is CC(O)CO.OCCO.OCCO.OCCO. The molecule has 0 aliphatic heterocycles. The Morgan fingerprint density at radius 3 is 0.706 bits per heavy atom. The fraction of sp³-hybridized carbons (Fsp3) is 1.00. The van der Waals surface area contributed by atoms with Gasteiger partial charge in [-0.3, -0.25) is 0 Å². The molecule has 0 rings (SSSR count). The van der Waals surface area contributed by atoms with E-state index in [1.165, 1.54) is 6.92 Å². The predicted molar refractivity (Wildman–Crippen MR) is 61.3 cm³/mol. The van der Waals surface area contributed by atoms with Crippen LogP contribution in [0.25, 0.3) is 0 Å². The summed E-state index contributed by atoms with van der Waals surface area (Å²) in [6.07, 6.45) is -0.560. The molecule has 0 aromatic heterocycles. The molecule has 8 nitrogen and oxygen atoms in total. The van der Waals surface area contributed by atoms with Crippen molar-refractivity contribution in [3.8, 4) is 0 Å². The molecule has 0 saturated heterocycles. The summed E-state index contributed by atoms with van der Waals surface area (Å²) >= 11 is 0. The van der Waals surface area contributed by atoms with Crippen molar-refractivity contribution < 1.29 is 40.9 Å². The lowest BCUT2D eigenvalue weighted by Crippen LogP contribution is -2.03. The van der Waals surface area contributed by atoms with Crippen LogP contribution < -0.4 is 0 Å². The summed E-state index contributed by atoms with van der Waals surface area (Å²) in [5, 5.41) is 61.8. The molecule has 0 bridgehead atoms. The van der Waals surface area contributed by atoms with Gasteiger partial charge in [0.05, 0.1) is 52.4 Å². The van der Waals surface area contributed by atoms with Crippen molar-refractivity contribution in [2.75, 3.05) is 46.2 Å². The molecule has 1 atom stereocenters. The van der Waals surface area contributed by atoms with Crippen molar-refractivity contribution in [1.29, 1.82) is 0 Å². The van der Waals surface area contributed by atoms with E-state index < -0.39 is 6.10 Å². The molecule has 8 N–H and O–H groups in total. The summed E-state index contributed by atoms with van der Waals surface area (Å²) in [6, 6.07) is 0. The molecule has 0 aromatic rings. The van der Waals surface area contributed by atoms with Crippen molar-refractivity contribution in [3.63, 3.8) is 0 Å². The first-order valence-corrected chi connectivity index (χ1v) is 4.96. The zero-order valence-corrected chi connectivity index (χ0v) is 10.1. The number of aliphatic hydroxyl groups excluding tert-OH is 8. The van der Waals surface area contributed by atoms with Crippen molar-refractivity contribution >= 4 is 0 Å². The Kier molecular flexibility index (Phi) is 54.1. The van der Waals surface area contributed by atoms with Gasteiger partial charge >= 0.3 is 0 Å². The fourth-order valence-electron chi connectivity index (χ4n) is 0. The maximum atomic E-state index is 8.11. The average Bonchev–Trinajstić information content (AvgIpc) is 2.39. The van der Waals surface area contributed by atoms with Crippen LogP contribution in [0.4, 0.5) is 0 Å². The highest BCUT2D eigenvalue weighted by molar-refractivity contribution is 4.34. The molecule has 0 spiro atoms. The van der Waals surface area contributed by atoms with Gasteiger partial charge in [-0.05, 0) is 6.92 Å². The van der Waals surface area contributed by atoms with Crippen LogP contribution in [-0.2, 0) is 0 Å². The fourth-order valence-corrected chi connectivity index (χ4v) is 0. The molecule has 8 heteroatoms. The molecule has 0 saturated carbocycles. The van der Waals surface area contributed by atoms with E-state index >= 15 is 0 Å². The van der Waals surface area contributed by atoms with Gasteiger partial charge in [0.1, 0.15) is 0 Å². The predicted octanol–water partition coefficient (Wildman–Crippen LogP) is -3.73. The van der Waals surface area contributed by atoms with Crippen LogP contribution in [0.1, 0.15) is 6.92 Å². The van der Waals surface area contributed by atoms with Crippen LogP contribution in [-0.4, -0.2) is 93.2 Å². The number of hydrogen-bond acceptors (Lipinski definition) is 8. The molecule has 0 heterocycles.